The number of benzene rings is 1. The first-order chi connectivity index (χ1) is 6.57. The van der Waals surface area contributed by atoms with Gasteiger partial charge in [-0.3, -0.25) is 4.79 Å². The van der Waals surface area contributed by atoms with Gasteiger partial charge in [0.25, 0.3) is 0 Å². The minimum Gasteiger partial charge on any atom is -0.492 e. The van der Waals surface area contributed by atoms with E-state index in [4.69, 9.17) is 16.3 Å². The van der Waals surface area contributed by atoms with Gasteiger partial charge in [-0.25, -0.2) is 0 Å². The molecule has 14 heavy (non-hydrogen) atoms. The van der Waals surface area contributed by atoms with E-state index >= 15 is 0 Å². The molecule has 0 fully saturated rings. The van der Waals surface area contributed by atoms with Crippen LogP contribution in [-0.2, 0) is 0 Å². The number of Topliss-reactive ketones (excluding diaryl/α,β-unsaturated/α-hetero) is 1. The van der Waals surface area contributed by atoms with E-state index in [0.29, 0.717) is 22.9 Å². The lowest BCUT2D eigenvalue weighted by Crippen LogP contribution is -2.01. The largest absolute Gasteiger partial charge is 0.492 e. The van der Waals surface area contributed by atoms with Gasteiger partial charge >= 0.3 is 0 Å². The number of halogens is 2. The van der Waals surface area contributed by atoms with Crippen molar-refractivity contribution in [2.45, 2.75) is 13.8 Å². The summed E-state index contributed by atoms with van der Waals surface area (Å²) in [7, 11) is 0. The molecule has 1 aromatic rings. The zero-order valence-electron chi connectivity index (χ0n) is 7.93. The lowest BCUT2D eigenvalue weighted by Gasteiger charge is -2.10. The molecule has 0 atom stereocenters. The zero-order valence-corrected chi connectivity index (χ0v) is 10.3. The molecule has 0 aromatic heterocycles. The van der Waals surface area contributed by atoms with Gasteiger partial charge in [-0.15, -0.1) is 0 Å². The van der Waals surface area contributed by atoms with Crippen LogP contribution in [0.4, 0.5) is 0 Å². The second-order valence-electron chi connectivity index (χ2n) is 2.73. The molecule has 76 valence electrons. The smallest absolute Gasteiger partial charge is 0.163 e. The summed E-state index contributed by atoms with van der Waals surface area (Å²) in [5.41, 5.74) is 0.514. The Hall–Kier alpha value is -0.540. The minimum atomic E-state index is -0.0529. The van der Waals surface area contributed by atoms with Crippen molar-refractivity contribution in [1.29, 1.82) is 0 Å². The number of rotatable bonds is 3. The quantitative estimate of drug-likeness (QED) is 0.787. The monoisotopic (exact) mass is 276 g/mol. The molecule has 0 N–H and O–H groups in total. The molecule has 0 bridgehead atoms. The van der Waals surface area contributed by atoms with Crippen LogP contribution in [-0.4, -0.2) is 12.4 Å². The van der Waals surface area contributed by atoms with Crippen LogP contribution in [0.15, 0.2) is 16.6 Å². The second-order valence-corrected chi connectivity index (χ2v) is 3.96. The van der Waals surface area contributed by atoms with Crippen LogP contribution in [0.2, 0.25) is 5.02 Å². The average molecular weight is 278 g/mol. The van der Waals surface area contributed by atoms with E-state index < -0.39 is 0 Å². The second kappa shape index (κ2) is 4.80. The summed E-state index contributed by atoms with van der Waals surface area (Å²) in [5.74, 6) is 0.402. The SMILES string of the molecule is CCOc1c(C(C)=O)ccc(Br)c1Cl. The summed E-state index contributed by atoms with van der Waals surface area (Å²) in [6.45, 7) is 3.82. The van der Waals surface area contributed by atoms with Gasteiger partial charge in [0.15, 0.2) is 5.78 Å². The van der Waals surface area contributed by atoms with Crippen molar-refractivity contribution in [1.82, 2.24) is 0 Å². The fraction of sp³-hybridized carbons (Fsp3) is 0.300. The third-order valence-corrected chi connectivity index (χ3v) is 2.98. The van der Waals surface area contributed by atoms with Crippen LogP contribution in [0.5, 0.6) is 5.75 Å². The highest BCUT2D eigenvalue weighted by Crippen LogP contribution is 2.35. The van der Waals surface area contributed by atoms with Crippen molar-refractivity contribution in [2.75, 3.05) is 6.61 Å². The van der Waals surface area contributed by atoms with Crippen LogP contribution in [0, 0.1) is 0 Å². The van der Waals surface area contributed by atoms with Crippen LogP contribution in [0.25, 0.3) is 0 Å². The van der Waals surface area contributed by atoms with E-state index in [1.54, 1.807) is 12.1 Å². The van der Waals surface area contributed by atoms with Gasteiger partial charge in [-0.05, 0) is 41.9 Å². The highest BCUT2D eigenvalue weighted by molar-refractivity contribution is 9.10. The van der Waals surface area contributed by atoms with Crippen LogP contribution >= 0.6 is 27.5 Å². The van der Waals surface area contributed by atoms with Gasteiger partial charge in [0, 0.05) is 4.47 Å². The summed E-state index contributed by atoms with van der Waals surface area (Å²) in [4.78, 5) is 11.3. The summed E-state index contributed by atoms with van der Waals surface area (Å²) < 4.78 is 6.06. The van der Waals surface area contributed by atoms with E-state index in [2.05, 4.69) is 15.9 Å². The molecular formula is C10H10BrClO2. The van der Waals surface area contributed by atoms with Crippen molar-refractivity contribution in [3.8, 4) is 5.75 Å². The Kier molecular flexibility index (Phi) is 3.96. The fourth-order valence-corrected chi connectivity index (χ4v) is 1.63. The maximum atomic E-state index is 11.3. The number of ketones is 1. The van der Waals surface area contributed by atoms with E-state index in [1.807, 2.05) is 6.92 Å². The number of ether oxygens (including phenoxy) is 1. The van der Waals surface area contributed by atoms with Gasteiger partial charge in [0.1, 0.15) is 5.75 Å². The molecule has 0 amide bonds. The molecule has 0 aliphatic rings. The molecule has 0 spiro atoms. The average Bonchev–Trinajstić information content (AvgIpc) is 2.13. The van der Waals surface area contributed by atoms with Gasteiger partial charge < -0.3 is 4.74 Å². The van der Waals surface area contributed by atoms with Gasteiger partial charge in [-0.1, -0.05) is 11.6 Å². The molecule has 1 rings (SSSR count). The van der Waals surface area contributed by atoms with Crippen molar-refractivity contribution in [3.05, 3.63) is 27.2 Å². The molecule has 0 saturated carbocycles. The maximum Gasteiger partial charge on any atom is 0.163 e. The topological polar surface area (TPSA) is 26.3 Å². The van der Waals surface area contributed by atoms with E-state index in [0.717, 1.165) is 4.47 Å². The lowest BCUT2D eigenvalue weighted by atomic mass is 10.1. The Morgan fingerprint density at radius 1 is 1.57 bits per heavy atom. The predicted molar refractivity (Wildman–Crippen MR) is 60.3 cm³/mol. The fourth-order valence-electron chi connectivity index (χ4n) is 1.09. The zero-order chi connectivity index (χ0) is 10.7. The molecule has 0 saturated heterocycles. The van der Waals surface area contributed by atoms with Crippen LogP contribution in [0.3, 0.4) is 0 Å². The summed E-state index contributed by atoms with van der Waals surface area (Å²) in [6.07, 6.45) is 0. The molecular weight excluding hydrogens is 267 g/mol. The van der Waals surface area contributed by atoms with Crippen molar-refractivity contribution < 1.29 is 9.53 Å². The van der Waals surface area contributed by atoms with Crippen LogP contribution in [0.1, 0.15) is 24.2 Å². The van der Waals surface area contributed by atoms with Crippen molar-refractivity contribution in [2.24, 2.45) is 0 Å². The predicted octanol–water partition coefficient (Wildman–Crippen LogP) is 3.70. The van der Waals surface area contributed by atoms with Crippen molar-refractivity contribution in [3.63, 3.8) is 0 Å². The highest BCUT2D eigenvalue weighted by Gasteiger charge is 2.14. The number of carbonyl (C=O) groups is 1. The first-order valence-electron chi connectivity index (χ1n) is 4.19. The normalized spacial score (nSPS) is 10.0. The highest BCUT2D eigenvalue weighted by atomic mass is 79.9. The molecule has 0 aliphatic heterocycles. The Labute approximate surface area is 96.3 Å². The Bertz CT molecular complexity index is 363. The Morgan fingerprint density at radius 3 is 2.71 bits per heavy atom. The summed E-state index contributed by atoms with van der Waals surface area (Å²) in [5, 5.41) is 0.444. The molecule has 0 heterocycles. The maximum absolute atomic E-state index is 11.3. The standard InChI is InChI=1S/C10H10BrClO2/c1-3-14-10-7(6(2)13)4-5-8(11)9(10)12/h4-5H,3H2,1-2H3. The number of carbonyl (C=O) groups excluding carboxylic acids is 1. The molecule has 2 nitrogen and oxygen atoms in total. The minimum absolute atomic E-state index is 0.0529. The summed E-state index contributed by atoms with van der Waals surface area (Å²) >= 11 is 9.27. The van der Waals surface area contributed by atoms with E-state index in [1.165, 1.54) is 6.92 Å². The van der Waals surface area contributed by atoms with E-state index in [-0.39, 0.29) is 5.78 Å². The van der Waals surface area contributed by atoms with E-state index in [9.17, 15) is 4.79 Å². The third-order valence-electron chi connectivity index (χ3n) is 1.72. The Balaban J connectivity index is 3.29. The van der Waals surface area contributed by atoms with Gasteiger partial charge in [0.05, 0.1) is 17.2 Å². The van der Waals surface area contributed by atoms with Gasteiger partial charge in [0.2, 0.25) is 0 Å². The van der Waals surface area contributed by atoms with Crippen molar-refractivity contribution >= 4 is 33.3 Å². The van der Waals surface area contributed by atoms with Crippen LogP contribution < -0.4 is 4.74 Å². The third kappa shape index (κ3) is 2.28. The number of hydrogen-bond donors (Lipinski definition) is 0. The van der Waals surface area contributed by atoms with Gasteiger partial charge in [-0.2, -0.15) is 0 Å². The lowest BCUT2D eigenvalue weighted by molar-refractivity contribution is 0.101. The molecule has 0 unspecified atom stereocenters. The Morgan fingerprint density at radius 2 is 2.21 bits per heavy atom. The number of hydrogen-bond acceptors (Lipinski definition) is 2. The first-order valence-corrected chi connectivity index (χ1v) is 5.36. The molecule has 4 heteroatoms. The molecule has 0 aliphatic carbocycles. The first kappa shape index (κ1) is 11.5. The molecule has 0 radical (unpaired) electrons. The summed E-state index contributed by atoms with van der Waals surface area (Å²) in [6, 6.07) is 3.44. The molecule has 1 aromatic carbocycles.